The van der Waals surface area contributed by atoms with Gasteiger partial charge in [0, 0.05) is 26.7 Å². The summed E-state index contributed by atoms with van der Waals surface area (Å²) >= 11 is 0. The van der Waals surface area contributed by atoms with Gasteiger partial charge in [-0.3, -0.25) is 9.59 Å². The van der Waals surface area contributed by atoms with Gasteiger partial charge in [-0.1, -0.05) is 12.8 Å². The van der Waals surface area contributed by atoms with Crippen LogP contribution in [0.4, 0.5) is 0 Å². The van der Waals surface area contributed by atoms with Crippen molar-refractivity contribution < 1.29 is 9.59 Å². The lowest BCUT2D eigenvalue weighted by molar-refractivity contribution is -0.144. The van der Waals surface area contributed by atoms with E-state index >= 15 is 0 Å². The summed E-state index contributed by atoms with van der Waals surface area (Å²) in [4.78, 5) is 26.3. The van der Waals surface area contributed by atoms with Gasteiger partial charge in [-0.15, -0.1) is 0 Å². The highest BCUT2D eigenvalue weighted by molar-refractivity contribution is 5.85. The van der Waals surface area contributed by atoms with Gasteiger partial charge in [0.05, 0.1) is 11.3 Å². The third-order valence-corrected chi connectivity index (χ3v) is 4.73. The van der Waals surface area contributed by atoms with Crippen LogP contribution in [-0.2, 0) is 9.59 Å². The minimum Gasteiger partial charge on any atom is -0.359 e. The summed E-state index contributed by atoms with van der Waals surface area (Å²) < 4.78 is 0. The molecule has 3 N–H and O–H groups in total. The lowest BCUT2D eigenvalue weighted by Crippen LogP contribution is -2.51. The lowest BCUT2D eigenvalue weighted by atomic mass is 9.83. The Kier molecular flexibility index (Phi) is 4.45. The third-order valence-electron chi connectivity index (χ3n) is 4.73. The molecular weight excluding hydrogens is 242 g/mol. The molecule has 2 amide bonds. The second-order valence-electron chi connectivity index (χ2n) is 5.90. The molecule has 19 heavy (non-hydrogen) atoms. The first kappa shape index (κ1) is 14.3. The Labute approximate surface area is 114 Å². The summed E-state index contributed by atoms with van der Waals surface area (Å²) in [6.45, 7) is 1.77. The van der Waals surface area contributed by atoms with Gasteiger partial charge in [-0.05, 0) is 25.7 Å². The Balaban J connectivity index is 2.04. The Morgan fingerprint density at radius 1 is 1.32 bits per heavy atom. The van der Waals surface area contributed by atoms with Crippen molar-refractivity contribution in [1.82, 2.24) is 10.2 Å². The summed E-state index contributed by atoms with van der Waals surface area (Å²) in [5.41, 5.74) is 5.53. The van der Waals surface area contributed by atoms with Crippen LogP contribution < -0.4 is 11.1 Å². The second-order valence-corrected chi connectivity index (χ2v) is 5.90. The Morgan fingerprint density at radius 2 is 2.00 bits per heavy atom. The molecule has 2 aliphatic rings. The topological polar surface area (TPSA) is 75.4 Å². The Bertz CT molecular complexity index is 351. The fourth-order valence-corrected chi connectivity index (χ4v) is 3.47. The van der Waals surface area contributed by atoms with Gasteiger partial charge in [0.1, 0.15) is 0 Å². The third kappa shape index (κ3) is 2.76. The quantitative estimate of drug-likeness (QED) is 0.781. The van der Waals surface area contributed by atoms with Crippen molar-refractivity contribution in [2.75, 3.05) is 26.7 Å². The molecule has 1 saturated heterocycles. The van der Waals surface area contributed by atoms with E-state index in [-0.39, 0.29) is 23.1 Å². The number of nitrogens with one attached hydrogen (secondary N) is 1. The number of hydrogen-bond acceptors (Lipinski definition) is 3. The van der Waals surface area contributed by atoms with Crippen molar-refractivity contribution >= 4 is 11.8 Å². The molecule has 108 valence electrons. The van der Waals surface area contributed by atoms with E-state index in [1.54, 1.807) is 7.05 Å². The van der Waals surface area contributed by atoms with Crippen LogP contribution in [-0.4, -0.2) is 43.4 Å². The van der Waals surface area contributed by atoms with Crippen LogP contribution in [0.2, 0.25) is 0 Å². The molecule has 5 heteroatoms. The highest BCUT2D eigenvalue weighted by Gasteiger charge is 2.43. The average molecular weight is 267 g/mol. The molecule has 2 rings (SSSR count). The van der Waals surface area contributed by atoms with Gasteiger partial charge in [-0.25, -0.2) is 0 Å². The molecule has 0 bridgehead atoms. The van der Waals surface area contributed by atoms with Gasteiger partial charge in [0.25, 0.3) is 0 Å². The van der Waals surface area contributed by atoms with Gasteiger partial charge in [0.15, 0.2) is 0 Å². The van der Waals surface area contributed by atoms with E-state index in [0.717, 1.165) is 45.1 Å². The molecule has 5 nitrogen and oxygen atoms in total. The van der Waals surface area contributed by atoms with Crippen molar-refractivity contribution in [3.8, 4) is 0 Å². The maximum Gasteiger partial charge on any atom is 0.230 e. The number of rotatable bonds is 3. The van der Waals surface area contributed by atoms with Gasteiger partial charge in [-0.2, -0.15) is 0 Å². The smallest absolute Gasteiger partial charge is 0.230 e. The zero-order valence-corrected chi connectivity index (χ0v) is 11.8. The van der Waals surface area contributed by atoms with Crippen LogP contribution in [0.15, 0.2) is 0 Å². The first-order valence-corrected chi connectivity index (χ1v) is 7.34. The minimum absolute atomic E-state index is 0.0470. The molecule has 1 saturated carbocycles. The number of amides is 2. The molecule has 1 aliphatic heterocycles. The van der Waals surface area contributed by atoms with E-state index in [4.69, 9.17) is 5.73 Å². The van der Waals surface area contributed by atoms with Crippen LogP contribution >= 0.6 is 0 Å². The molecule has 0 radical (unpaired) electrons. The van der Waals surface area contributed by atoms with E-state index in [9.17, 15) is 9.59 Å². The summed E-state index contributed by atoms with van der Waals surface area (Å²) in [5.74, 6) is 0.172. The van der Waals surface area contributed by atoms with E-state index in [1.165, 1.54) is 0 Å². The van der Waals surface area contributed by atoms with Gasteiger partial charge >= 0.3 is 0 Å². The molecule has 0 aromatic carbocycles. The van der Waals surface area contributed by atoms with Gasteiger partial charge < -0.3 is 16.0 Å². The second kappa shape index (κ2) is 5.90. The standard InChI is InChI=1S/C14H25N3O2/c1-16-12(18)11-5-4-8-17(9-11)13(19)14(10-15)6-2-3-7-14/h11H,2-10,15H2,1H3,(H,16,18). The first-order chi connectivity index (χ1) is 9.13. The number of carbonyl (C=O) groups is 2. The van der Waals surface area contributed by atoms with Crippen LogP contribution in [0.3, 0.4) is 0 Å². The van der Waals surface area contributed by atoms with Crippen molar-refractivity contribution in [3.05, 3.63) is 0 Å². The average Bonchev–Trinajstić information content (AvgIpc) is 2.96. The van der Waals surface area contributed by atoms with Crippen LogP contribution in [0, 0.1) is 11.3 Å². The number of likely N-dealkylation sites (tertiary alicyclic amines) is 1. The number of hydrogen-bond donors (Lipinski definition) is 2. The Hall–Kier alpha value is -1.10. The molecule has 1 unspecified atom stereocenters. The highest BCUT2D eigenvalue weighted by atomic mass is 16.2. The van der Waals surface area contributed by atoms with E-state index < -0.39 is 0 Å². The monoisotopic (exact) mass is 267 g/mol. The van der Waals surface area contributed by atoms with Crippen LogP contribution in [0.1, 0.15) is 38.5 Å². The molecule has 0 aromatic heterocycles. The SMILES string of the molecule is CNC(=O)C1CCCN(C(=O)C2(CN)CCCC2)C1. The molecule has 0 spiro atoms. The zero-order chi connectivity index (χ0) is 13.9. The zero-order valence-electron chi connectivity index (χ0n) is 11.8. The van der Waals surface area contributed by atoms with E-state index in [1.807, 2.05) is 4.90 Å². The highest BCUT2D eigenvalue weighted by Crippen LogP contribution is 2.39. The van der Waals surface area contributed by atoms with E-state index in [0.29, 0.717) is 13.1 Å². The largest absolute Gasteiger partial charge is 0.359 e. The maximum absolute atomic E-state index is 12.7. The van der Waals surface area contributed by atoms with Crippen molar-refractivity contribution in [2.45, 2.75) is 38.5 Å². The fourth-order valence-electron chi connectivity index (χ4n) is 3.47. The Morgan fingerprint density at radius 3 is 2.58 bits per heavy atom. The summed E-state index contributed by atoms with van der Waals surface area (Å²) in [6.07, 6.45) is 5.78. The number of carbonyl (C=O) groups excluding carboxylic acids is 2. The number of nitrogens with zero attached hydrogens (tertiary/aromatic N) is 1. The number of piperidine rings is 1. The summed E-state index contributed by atoms with van der Waals surface area (Å²) in [5, 5.41) is 2.69. The van der Waals surface area contributed by atoms with Crippen LogP contribution in [0.25, 0.3) is 0 Å². The summed E-state index contributed by atoms with van der Waals surface area (Å²) in [7, 11) is 1.65. The molecular formula is C14H25N3O2. The van der Waals surface area contributed by atoms with Crippen LogP contribution in [0.5, 0.6) is 0 Å². The van der Waals surface area contributed by atoms with Crippen molar-refractivity contribution in [2.24, 2.45) is 17.1 Å². The normalized spacial score (nSPS) is 26.2. The minimum atomic E-state index is -0.343. The van der Waals surface area contributed by atoms with E-state index in [2.05, 4.69) is 5.32 Å². The predicted molar refractivity (Wildman–Crippen MR) is 73.3 cm³/mol. The fraction of sp³-hybridized carbons (Fsp3) is 0.857. The molecule has 2 fully saturated rings. The lowest BCUT2D eigenvalue weighted by Gasteiger charge is -2.38. The molecule has 0 aromatic rings. The molecule has 1 heterocycles. The summed E-state index contributed by atoms with van der Waals surface area (Å²) in [6, 6.07) is 0. The van der Waals surface area contributed by atoms with Gasteiger partial charge in [0.2, 0.25) is 11.8 Å². The molecule has 1 aliphatic carbocycles. The number of nitrogens with two attached hydrogens (primary N) is 1. The maximum atomic E-state index is 12.7. The van der Waals surface area contributed by atoms with Crippen molar-refractivity contribution in [1.29, 1.82) is 0 Å². The molecule has 1 atom stereocenters. The first-order valence-electron chi connectivity index (χ1n) is 7.34. The predicted octanol–water partition coefficient (Wildman–Crippen LogP) is 0.490. The van der Waals surface area contributed by atoms with Crippen molar-refractivity contribution in [3.63, 3.8) is 0 Å².